The zero-order valence-corrected chi connectivity index (χ0v) is 16.3. The average Bonchev–Trinajstić information content (AvgIpc) is 3.07. The number of hydrogen-bond donors (Lipinski definition) is 0. The van der Waals surface area contributed by atoms with Crippen LogP contribution >= 0.6 is 0 Å². The van der Waals surface area contributed by atoms with E-state index in [0.717, 1.165) is 10.6 Å². The van der Waals surface area contributed by atoms with Gasteiger partial charge in [0.15, 0.2) is 0 Å². The highest BCUT2D eigenvalue weighted by Crippen LogP contribution is 2.28. The first-order valence-electron chi connectivity index (χ1n) is 9.52. The number of allylic oxidation sites excluding steroid dienone is 1. The van der Waals surface area contributed by atoms with Crippen molar-refractivity contribution in [1.82, 2.24) is 15.0 Å². The Bertz CT molecular complexity index is 1080. The van der Waals surface area contributed by atoms with Gasteiger partial charge < -0.3 is 4.74 Å². The fraction of sp³-hybridized carbons (Fsp3) is 0.227. The van der Waals surface area contributed by atoms with Crippen molar-refractivity contribution < 1.29 is 23.9 Å². The maximum absolute atomic E-state index is 12.7. The molecule has 1 aromatic heterocycles. The Labute approximate surface area is 172 Å². The first kappa shape index (κ1) is 19.5. The fourth-order valence-electron chi connectivity index (χ4n) is 3.52. The number of ether oxygens (including phenoxy) is 1. The third kappa shape index (κ3) is 3.59. The molecule has 8 heteroatoms. The summed E-state index contributed by atoms with van der Waals surface area (Å²) in [5, 5.41) is 2.17. The predicted molar refractivity (Wildman–Crippen MR) is 106 cm³/mol. The molecule has 0 saturated carbocycles. The highest BCUT2D eigenvalue weighted by atomic mass is 16.5. The average molecular weight is 405 g/mol. The summed E-state index contributed by atoms with van der Waals surface area (Å²) < 4.78 is 5.03. The highest BCUT2D eigenvalue weighted by Gasteiger charge is 2.39. The molecule has 1 aromatic carbocycles. The van der Waals surface area contributed by atoms with E-state index in [-0.39, 0.29) is 48.6 Å². The predicted octanol–water partition coefficient (Wildman–Crippen LogP) is 2.40. The molecule has 0 radical (unpaired) electrons. The van der Waals surface area contributed by atoms with E-state index in [1.807, 2.05) is 0 Å². The molecule has 0 spiro atoms. The van der Waals surface area contributed by atoms with Crippen molar-refractivity contribution in [1.29, 1.82) is 0 Å². The van der Waals surface area contributed by atoms with Gasteiger partial charge in [0.25, 0.3) is 5.91 Å². The molecule has 2 aromatic rings. The van der Waals surface area contributed by atoms with Gasteiger partial charge in [-0.2, -0.15) is 5.01 Å². The molecule has 3 amide bonds. The van der Waals surface area contributed by atoms with Gasteiger partial charge in [-0.3, -0.25) is 19.2 Å². The van der Waals surface area contributed by atoms with Crippen LogP contribution in [0.2, 0.25) is 0 Å². The van der Waals surface area contributed by atoms with Crippen molar-refractivity contribution in [3.8, 4) is 5.88 Å². The molecule has 1 fully saturated rings. The number of benzene rings is 1. The van der Waals surface area contributed by atoms with Crippen LogP contribution in [0.15, 0.2) is 42.5 Å². The van der Waals surface area contributed by atoms with Crippen LogP contribution in [0, 0.1) is 0 Å². The Balaban J connectivity index is 1.52. The van der Waals surface area contributed by atoms with Gasteiger partial charge in [-0.1, -0.05) is 18.2 Å². The van der Waals surface area contributed by atoms with Crippen LogP contribution in [-0.2, 0) is 16.1 Å². The maximum atomic E-state index is 12.7. The van der Waals surface area contributed by atoms with Crippen molar-refractivity contribution in [3.05, 3.63) is 64.9 Å². The van der Waals surface area contributed by atoms with E-state index in [9.17, 15) is 19.2 Å². The minimum absolute atomic E-state index is 0.138. The van der Waals surface area contributed by atoms with Gasteiger partial charge in [0, 0.05) is 24.5 Å². The standard InChI is InChI=1S/C22H19N3O5/c1-30-19-5-2-4-17(23-19)18(26)11-9-14-8-10-16-15(12-14)13-24(22(16)29)25-20(27)6-3-7-21(25)28/h2,4-5,8-12H,3,6-7,13H2,1H3/b11-9+. The number of pyridine rings is 1. The van der Waals surface area contributed by atoms with E-state index >= 15 is 0 Å². The molecular weight excluding hydrogens is 386 g/mol. The van der Waals surface area contributed by atoms with Crippen LogP contribution in [-0.4, -0.2) is 45.6 Å². The van der Waals surface area contributed by atoms with Gasteiger partial charge in [0.2, 0.25) is 23.5 Å². The number of nitrogens with zero attached hydrogens (tertiary/aromatic N) is 3. The molecule has 3 heterocycles. The zero-order valence-electron chi connectivity index (χ0n) is 16.3. The summed E-state index contributed by atoms with van der Waals surface area (Å²) >= 11 is 0. The van der Waals surface area contributed by atoms with Gasteiger partial charge in [-0.15, -0.1) is 0 Å². The Morgan fingerprint density at radius 3 is 2.60 bits per heavy atom. The lowest BCUT2D eigenvalue weighted by Crippen LogP contribution is -2.51. The first-order chi connectivity index (χ1) is 14.5. The number of carbonyl (C=O) groups excluding carboxylic acids is 4. The van der Waals surface area contributed by atoms with Gasteiger partial charge in [0.05, 0.1) is 13.7 Å². The molecule has 0 atom stereocenters. The van der Waals surface area contributed by atoms with Crippen molar-refractivity contribution in [2.24, 2.45) is 0 Å². The lowest BCUT2D eigenvalue weighted by molar-refractivity contribution is -0.163. The molecule has 0 unspecified atom stereocenters. The van der Waals surface area contributed by atoms with Gasteiger partial charge in [-0.05, 0) is 41.8 Å². The molecule has 4 rings (SSSR count). The number of ketones is 1. The summed E-state index contributed by atoms with van der Waals surface area (Å²) in [6, 6.07) is 10.1. The number of carbonyl (C=O) groups is 4. The van der Waals surface area contributed by atoms with Gasteiger partial charge in [-0.25, -0.2) is 9.99 Å². The van der Waals surface area contributed by atoms with Crippen LogP contribution < -0.4 is 4.74 Å². The third-order valence-electron chi connectivity index (χ3n) is 5.02. The number of methoxy groups -OCH3 is 1. The normalized spacial score (nSPS) is 16.4. The number of piperidine rings is 1. The Morgan fingerprint density at radius 1 is 1.10 bits per heavy atom. The number of hydrogen-bond acceptors (Lipinski definition) is 6. The van der Waals surface area contributed by atoms with E-state index in [0.29, 0.717) is 23.4 Å². The van der Waals surface area contributed by atoms with Gasteiger partial charge in [0.1, 0.15) is 5.69 Å². The SMILES string of the molecule is COc1cccc(C(=O)/C=C/c2ccc3c(c2)CN(N2C(=O)CCCC2=O)C3=O)n1. The summed E-state index contributed by atoms with van der Waals surface area (Å²) in [5.74, 6) is -1.02. The number of imide groups is 1. The molecular formula is C22H19N3O5. The second-order valence-corrected chi connectivity index (χ2v) is 6.99. The minimum Gasteiger partial charge on any atom is -0.481 e. The monoisotopic (exact) mass is 405 g/mol. The van der Waals surface area contributed by atoms with E-state index in [1.54, 1.807) is 42.5 Å². The summed E-state index contributed by atoms with van der Waals surface area (Å²) in [7, 11) is 1.48. The molecule has 0 aliphatic carbocycles. The smallest absolute Gasteiger partial charge is 0.273 e. The number of amides is 3. The molecule has 2 aliphatic heterocycles. The molecule has 152 valence electrons. The first-order valence-corrected chi connectivity index (χ1v) is 9.52. The summed E-state index contributed by atoms with van der Waals surface area (Å²) in [4.78, 5) is 53.5. The molecule has 0 bridgehead atoms. The topological polar surface area (TPSA) is 96.9 Å². The van der Waals surface area contributed by atoms with Crippen LogP contribution in [0.4, 0.5) is 0 Å². The summed E-state index contributed by atoms with van der Waals surface area (Å²) in [6.45, 7) is 0.138. The van der Waals surface area contributed by atoms with Crippen LogP contribution in [0.1, 0.15) is 51.2 Å². The van der Waals surface area contributed by atoms with Crippen LogP contribution in [0.25, 0.3) is 6.08 Å². The molecule has 1 saturated heterocycles. The molecule has 8 nitrogen and oxygen atoms in total. The molecule has 2 aliphatic rings. The summed E-state index contributed by atoms with van der Waals surface area (Å²) in [6.07, 6.45) is 4.04. The van der Waals surface area contributed by atoms with Crippen LogP contribution in [0.5, 0.6) is 5.88 Å². The van der Waals surface area contributed by atoms with E-state index in [2.05, 4.69) is 4.98 Å². The lowest BCUT2D eigenvalue weighted by atomic mass is 10.1. The zero-order chi connectivity index (χ0) is 21.3. The Morgan fingerprint density at radius 2 is 1.87 bits per heavy atom. The highest BCUT2D eigenvalue weighted by molar-refractivity contribution is 6.06. The Hall–Kier alpha value is -3.81. The van der Waals surface area contributed by atoms with Crippen molar-refractivity contribution in [2.45, 2.75) is 25.8 Å². The second kappa shape index (κ2) is 7.90. The minimum atomic E-state index is -0.374. The Kier molecular flexibility index (Phi) is 5.14. The molecule has 30 heavy (non-hydrogen) atoms. The van der Waals surface area contributed by atoms with Gasteiger partial charge >= 0.3 is 0 Å². The molecule has 0 N–H and O–H groups in total. The number of rotatable bonds is 5. The second-order valence-electron chi connectivity index (χ2n) is 6.99. The summed E-state index contributed by atoms with van der Waals surface area (Å²) in [5.41, 5.74) is 2.12. The van der Waals surface area contributed by atoms with Crippen molar-refractivity contribution in [3.63, 3.8) is 0 Å². The van der Waals surface area contributed by atoms with Crippen molar-refractivity contribution >= 4 is 29.6 Å². The van der Waals surface area contributed by atoms with Crippen molar-refractivity contribution in [2.75, 3.05) is 7.11 Å². The number of fused-ring (bicyclic) bond motifs is 1. The lowest BCUT2D eigenvalue weighted by Gasteiger charge is -2.32. The largest absolute Gasteiger partial charge is 0.481 e. The number of aromatic nitrogens is 1. The quantitative estimate of drug-likeness (QED) is 0.431. The van der Waals surface area contributed by atoms with E-state index < -0.39 is 0 Å². The fourth-order valence-corrected chi connectivity index (χ4v) is 3.52. The van der Waals surface area contributed by atoms with E-state index in [4.69, 9.17) is 4.74 Å². The van der Waals surface area contributed by atoms with Crippen LogP contribution in [0.3, 0.4) is 0 Å². The maximum Gasteiger partial charge on any atom is 0.273 e. The number of hydrazine groups is 1. The third-order valence-corrected chi connectivity index (χ3v) is 5.02. The van der Waals surface area contributed by atoms with E-state index in [1.165, 1.54) is 18.2 Å².